The lowest BCUT2D eigenvalue weighted by Gasteiger charge is -2.34. The molecule has 0 saturated carbocycles. The first-order valence-corrected chi connectivity index (χ1v) is 5.82. The van der Waals surface area contributed by atoms with Gasteiger partial charge in [0.25, 0.3) is 0 Å². The largest absolute Gasteiger partial charge is 0.376 e. The monoisotopic (exact) mass is 218 g/mol. The molecular weight excluding hydrogens is 200 g/mol. The fourth-order valence-electron chi connectivity index (χ4n) is 2.29. The predicted molar refractivity (Wildman–Crippen MR) is 63.5 cm³/mol. The molecule has 16 heavy (non-hydrogen) atoms. The molecule has 86 valence electrons. The van der Waals surface area contributed by atoms with Crippen LogP contribution in [0.1, 0.15) is 37.0 Å². The van der Waals surface area contributed by atoms with Crippen LogP contribution in [0, 0.1) is 5.92 Å². The van der Waals surface area contributed by atoms with Crippen molar-refractivity contribution < 1.29 is 9.53 Å². The third kappa shape index (κ3) is 2.50. The molecule has 0 spiro atoms. The van der Waals surface area contributed by atoms with E-state index < -0.39 is 0 Å². The SMILES string of the molecule is CC1(C)CC(C(=O)c2ccccc2)CCO1. The molecule has 0 radical (unpaired) electrons. The van der Waals surface area contributed by atoms with Crippen LogP contribution in [-0.2, 0) is 4.74 Å². The highest BCUT2D eigenvalue weighted by Gasteiger charge is 2.32. The molecular formula is C14H18O2. The van der Waals surface area contributed by atoms with Crippen molar-refractivity contribution in [1.29, 1.82) is 0 Å². The lowest BCUT2D eigenvalue weighted by molar-refractivity contribution is -0.0664. The molecule has 0 amide bonds. The van der Waals surface area contributed by atoms with E-state index in [1.807, 2.05) is 30.3 Å². The molecule has 1 aliphatic heterocycles. The number of ketones is 1. The number of carbonyl (C=O) groups excluding carboxylic acids is 1. The molecule has 0 aliphatic carbocycles. The van der Waals surface area contributed by atoms with Gasteiger partial charge in [0.1, 0.15) is 0 Å². The van der Waals surface area contributed by atoms with E-state index in [0.717, 1.165) is 18.4 Å². The van der Waals surface area contributed by atoms with Gasteiger partial charge in [-0.1, -0.05) is 30.3 Å². The maximum Gasteiger partial charge on any atom is 0.166 e. The average Bonchev–Trinajstić information content (AvgIpc) is 2.28. The molecule has 1 fully saturated rings. The molecule has 1 atom stereocenters. The number of Topliss-reactive ketones (excluding diaryl/α,β-unsaturated/α-hetero) is 1. The lowest BCUT2D eigenvalue weighted by atomic mass is 9.83. The van der Waals surface area contributed by atoms with Gasteiger partial charge in [0.15, 0.2) is 5.78 Å². The Hall–Kier alpha value is -1.15. The van der Waals surface area contributed by atoms with Crippen LogP contribution in [0.3, 0.4) is 0 Å². The van der Waals surface area contributed by atoms with Crippen LogP contribution >= 0.6 is 0 Å². The van der Waals surface area contributed by atoms with Gasteiger partial charge < -0.3 is 4.74 Å². The number of hydrogen-bond acceptors (Lipinski definition) is 2. The summed E-state index contributed by atoms with van der Waals surface area (Å²) in [5.74, 6) is 0.378. The highest BCUT2D eigenvalue weighted by Crippen LogP contribution is 2.30. The number of hydrogen-bond donors (Lipinski definition) is 0. The van der Waals surface area contributed by atoms with Crippen molar-refractivity contribution in [1.82, 2.24) is 0 Å². The topological polar surface area (TPSA) is 26.3 Å². The summed E-state index contributed by atoms with van der Waals surface area (Å²) < 4.78 is 5.63. The average molecular weight is 218 g/mol. The van der Waals surface area contributed by atoms with E-state index in [-0.39, 0.29) is 17.3 Å². The fourth-order valence-corrected chi connectivity index (χ4v) is 2.29. The molecule has 1 aromatic rings. The van der Waals surface area contributed by atoms with Crippen LogP contribution < -0.4 is 0 Å². The summed E-state index contributed by atoms with van der Waals surface area (Å²) in [7, 11) is 0. The second-order valence-electron chi connectivity index (χ2n) is 5.03. The van der Waals surface area contributed by atoms with E-state index in [4.69, 9.17) is 4.74 Å². The second-order valence-corrected chi connectivity index (χ2v) is 5.03. The van der Waals surface area contributed by atoms with Gasteiger partial charge in [-0.2, -0.15) is 0 Å². The van der Waals surface area contributed by atoms with Crippen molar-refractivity contribution in [2.24, 2.45) is 5.92 Å². The molecule has 1 aliphatic rings. The zero-order chi connectivity index (χ0) is 11.6. The number of benzene rings is 1. The van der Waals surface area contributed by atoms with Crippen molar-refractivity contribution in [3.05, 3.63) is 35.9 Å². The molecule has 2 heteroatoms. The van der Waals surface area contributed by atoms with Crippen molar-refractivity contribution in [2.45, 2.75) is 32.3 Å². The lowest BCUT2D eigenvalue weighted by Crippen LogP contribution is -2.37. The maximum atomic E-state index is 12.2. The van der Waals surface area contributed by atoms with Gasteiger partial charge in [0.05, 0.1) is 5.60 Å². The zero-order valence-corrected chi connectivity index (χ0v) is 9.90. The first kappa shape index (κ1) is 11.3. The summed E-state index contributed by atoms with van der Waals surface area (Å²) in [4.78, 5) is 12.2. The fraction of sp³-hybridized carbons (Fsp3) is 0.500. The minimum absolute atomic E-state index is 0.117. The van der Waals surface area contributed by atoms with E-state index >= 15 is 0 Å². The van der Waals surface area contributed by atoms with Gasteiger partial charge in [-0.15, -0.1) is 0 Å². The zero-order valence-electron chi connectivity index (χ0n) is 9.90. The highest BCUT2D eigenvalue weighted by molar-refractivity contribution is 5.97. The minimum atomic E-state index is -0.159. The van der Waals surface area contributed by atoms with E-state index in [9.17, 15) is 4.79 Å². The predicted octanol–water partition coefficient (Wildman–Crippen LogP) is 3.07. The van der Waals surface area contributed by atoms with Crippen LogP contribution in [0.25, 0.3) is 0 Å². The molecule has 1 aromatic carbocycles. The Labute approximate surface area is 96.6 Å². The second kappa shape index (κ2) is 4.38. The van der Waals surface area contributed by atoms with Crippen LogP contribution in [-0.4, -0.2) is 18.0 Å². The van der Waals surface area contributed by atoms with E-state index in [0.29, 0.717) is 6.61 Å². The Balaban J connectivity index is 2.11. The van der Waals surface area contributed by atoms with Crippen molar-refractivity contribution >= 4 is 5.78 Å². The van der Waals surface area contributed by atoms with Crippen LogP contribution in [0.5, 0.6) is 0 Å². The minimum Gasteiger partial charge on any atom is -0.376 e. The highest BCUT2D eigenvalue weighted by atomic mass is 16.5. The van der Waals surface area contributed by atoms with Crippen LogP contribution in [0.2, 0.25) is 0 Å². The van der Waals surface area contributed by atoms with Gasteiger partial charge in [-0.3, -0.25) is 4.79 Å². The van der Waals surface area contributed by atoms with Crippen molar-refractivity contribution in [2.75, 3.05) is 6.61 Å². The maximum absolute atomic E-state index is 12.2. The van der Waals surface area contributed by atoms with Crippen molar-refractivity contribution in [3.63, 3.8) is 0 Å². The molecule has 1 heterocycles. The van der Waals surface area contributed by atoms with E-state index in [1.54, 1.807) is 0 Å². The summed E-state index contributed by atoms with van der Waals surface area (Å²) in [6, 6.07) is 9.55. The Morgan fingerprint density at radius 3 is 2.62 bits per heavy atom. The summed E-state index contributed by atoms with van der Waals surface area (Å²) in [6.07, 6.45) is 1.66. The first-order chi connectivity index (χ1) is 7.58. The Kier molecular flexibility index (Phi) is 3.10. The summed E-state index contributed by atoms with van der Waals surface area (Å²) >= 11 is 0. The summed E-state index contributed by atoms with van der Waals surface area (Å²) in [5, 5.41) is 0. The summed E-state index contributed by atoms with van der Waals surface area (Å²) in [5.41, 5.74) is 0.665. The third-order valence-corrected chi connectivity index (χ3v) is 3.13. The molecule has 0 N–H and O–H groups in total. The number of carbonyl (C=O) groups is 1. The molecule has 0 aromatic heterocycles. The standard InChI is InChI=1S/C14H18O2/c1-14(2)10-12(8-9-16-14)13(15)11-6-4-3-5-7-11/h3-7,12H,8-10H2,1-2H3. The van der Waals surface area contributed by atoms with Gasteiger partial charge in [0.2, 0.25) is 0 Å². The van der Waals surface area contributed by atoms with E-state index in [1.165, 1.54) is 0 Å². The Morgan fingerprint density at radius 1 is 1.31 bits per heavy atom. The van der Waals surface area contributed by atoms with Gasteiger partial charge in [-0.25, -0.2) is 0 Å². The van der Waals surface area contributed by atoms with Crippen LogP contribution in [0.15, 0.2) is 30.3 Å². The van der Waals surface area contributed by atoms with E-state index in [2.05, 4.69) is 13.8 Å². The smallest absolute Gasteiger partial charge is 0.166 e. The van der Waals surface area contributed by atoms with Gasteiger partial charge in [0, 0.05) is 18.1 Å². The number of rotatable bonds is 2. The van der Waals surface area contributed by atoms with Crippen LogP contribution in [0.4, 0.5) is 0 Å². The molecule has 1 unspecified atom stereocenters. The van der Waals surface area contributed by atoms with Crippen molar-refractivity contribution in [3.8, 4) is 0 Å². The number of ether oxygens (including phenoxy) is 1. The normalized spacial score (nSPS) is 24.0. The molecule has 2 nitrogen and oxygen atoms in total. The molecule has 2 rings (SSSR count). The van der Waals surface area contributed by atoms with Gasteiger partial charge >= 0.3 is 0 Å². The molecule has 0 bridgehead atoms. The Morgan fingerprint density at radius 2 is 2.00 bits per heavy atom. The summed E-state index contributed by atoms with van der Waals surface area (Å²) in [6.45, 7) is 4.80. The third-order valence-electron chi connectivity index (χ3n) is 3.13. The Bertz CT molecular complexity index is 368. The molecule has 1 saturated heterocycles. The first-order valence-electron chi connectivity index (χ1n) is 5.82. The van der Waals surface area contributed by atoms with Gasteiger partial charge in [-0.05, 0) is 26.7 Å². The quantitative estimate of drug-likeness (QED) is 0.713.